The van der Waals surface area contributed by atoms with E-state index in [1.54, 1.807) is 106 Å². The van der Waals surface area contributed by atoms with Gasteiger partial charge in [-0.2, -0.15) is 0 Å². The summed E-state index contributed by atoms with van der Waals surface area (Å²) in [5, 5.41) is 19.4. The number of carbonyl (C=O) groups excluding carboxylic acids is 6. The number of ether oxygens (including phenoxy) is 5. The molecule has 1 saturated heterocycles. The number of ketones is 1. The first-order valence-electron chi connectivity index (χ1n) is 24.7. The van der Waals surface area contributed by atoms with Crippen molar-refractivity contribution in [2.75, 3.05) is 18.2 Å². The van der Waals surface area contributed by atoms with Crippen LogP contribution in [0.3, 0.4) is 0 Å². The third-order valence-corrected chi connectivity index (χ3v) is 13.7. The summed E-state index contributed by atoms with van der Waals surface area (Å²) >= 11 is 2.41. The molecular weight excluding hydrogens is 1160 g/mol. The Labute approximate surface area is 478 Å². The van der Waals surface area contributed by atoms with Crippen LogP contribution in [0.2, 0.25) is 0 Å². The smallest absolute Gasteiger partial charge is 0.413 e. The number of carbonyl (C=O) groups is 6. The van der Waals surface area contributed by atoms with Gasteiger partial charge in [-0.3, -0.25) is 30.5 Å². The third kappa shape index (κ3) is 15.7. The molecule has 2 aliphatic rings. The highest BCUT2D eigenvalue weighted by atomic mass is 127. The number of methoxy groups -OCH3 is 1. The molecule has 3 N–H and O–H groups in total. The number of nitrogens with one attached hydrogen (secondary N) is 3. The monoisotopic (exact) mass is 1220 g/mol. The number of amidine groups is 1. The van der Waals surface area contributed by atoms with Gasteiger partial charge in [0.2, 0.25) is 11.5 Å². The Balaban J connectivity index is 0.00000984. The molecule has 78 heavy (non-hydrogen) atoms. The molecule has 5 heterocycles. The number of oxime groups is 1. The number of anilines is 1. The summed E-state index contributed by atoms with van der Waals surface area (Å²) in [6, 6.07) is 18.3. The van der Waals surface area contributed by atoms with E-state index in [1.807, 2.05) is 47.4 Å². The highest BCUT2D eigenvalue weighted by Gasteiger charge is 2.55. The van der Waals surface area contributed by atoms with Crippen molar-refractivity contribution in [3.8, 4) is 5.75 Å². The molecule has 2 aromatic carbocycles. The number of β-lactam (4-membered cyclic amide) rings is 1. The van der Waals surface area contributed by atoms with E-state index in [4.69, 9.17) is 33.9 Å². The number of Topliss-reactive ketones (excluding diaryl/α,β-unsaturated/α-hetero) is 1. The van der Waals surface area contributed by atoms with Crippen molar-refractivity contribution < 1.29 is 85.8 Å². The van der Waals surface area contributed by atoms with Crippen molar-refractivity contribution >= 4 is 86.5 Å². The molecule has 5 aromatic rings. The Morgan fingerprint density at radius 3 is 2.13 bits per heavy atom. The number of nitrogens with zero attached hydrogens (tertiary/aromatic N) is 5. The number of halogens is 1. The fourth-order valence-electron chi connectivity index (χ4n) is 7.93. The number of esters is 2. The summed E-state index contributed by atoms with van der Waals surface area (Å²) in [7, 11) is 1.55. The minimum atomic E-state index is -1.66. The van der Waals surface area contributed by atoms with E-state index in [9.17, 15) is 28.8 Å². The molecule has 2 aliphatic heterocycles. The lowest BCUT2D eigenvalue weighted by Gasteiger charge is -2.49. The van der Waals surface area contributed by atoms with E-state index < -0.39 is 69.5 Å². The van der Waals surface area contributed by atoms with Crippen LogP contribution in [0, 0.1) is 11.3 Å². The van der Waals surface area contributed by atoms with E-state index in [1.165, 1.54) is 35.9 Å². The van der Waals surface area contributed by atoms with Gasteiger partial charge in [0.15, 0.2) is 35.6 Å². The number of fused-ring (bicyclic) bond motifs is 2. The molecule has 0 saturated carbocycles. The van der Waals surface area contributed by atoms with Crippen LogP contribution in [-0.4, -0.2) is 102 Å². The highest BCUT2D eigenvalue weighted by Crippen LogP contribution is 2.46. The lowest BCUT2D eigenvalue weighted by molar-refractivity contribution is -0.687. The molecule has 20 nitrogen and oxygen atoms in total. The Kier molecular flexibility index (Phi) is 18.9. The molecule has 0 unspecified atom stereocenters. The molecule has 0 spiro atoms. The van der Waals surface area contributed by atoms with E-state index in [-0.39, 0.29) is 71.6 Å². The Hall–Kier alpha value is -6.86. The van der Waals surface area contributed by atoms with Gasteiger partial charge in [-0.25, -0.2) is 28.7 Å². The number of rotatable bonds is 17. The summed E-state index contributed by atoms with van der Waals surface area (Å²) in [5.74, 6) is -2.59. The molecule has 416 valence electrons. The highest BCUT2D eigenvalue weighted by molar-refractivity contribution is 8.00. The zero-order chi connectivity index (χ0) is 56.2. The number of pyridine rings is 1. The van der Waals surface area contributed by atoms with Gasteiger partial charge < -0.3 is 57.1 Å². The molecule has 2 atom stereocenters. The molecule has 23 heteroatoms. The first kappa shape index (κ1) is 60.4. The molecule has 3 aromatic heterocycles. The summed E-state index contributed by atoms with van der Waals surface area (Å²) < 4.78 is 31.4. The van der Waals surface area contributed by atoms with Gasteiger partial charge in [-0.05, 0) is 105 Å². The van der Waals surface area contributed by atoms with Crippen LogP contribution in [0.15, 0.2) is 101 Å². The van der Waals surface area contributed by atoms with Crippen LogP contribution < -0.4 is 43.9 Å². The van der Waals surface area contributed by atoms with Gasteiger partial charge in [-0.15, -0.1) is 23.1 Å². The second-order valence-electron chi connectivity index (χ2n) is 21.8. The van der Waals surface area contributed by atoms with Gasteiger partial charge in [-0.1, -0.05) is 41.6 Å². The van der Waals surface area contributed by atoms with E-state index in [0.29, 0.717) is 34.7 Å². The number of thioether (sulfide) groups is 1. The van der Waals surface area contributed by atoms with Crippen LogP contribution in [-0.2, 0) is 62.7 Å². The van der Waals surface area contributed by atoms with Gasteiger partial charge in [0.1, 0.15) is 46.4 Å². The largest absolute Gasteiger partial charge is 1.00 e. The molecule has 1 fully saturated rings. The zero-order valence-corrected chi connectivity index (χ0v) is 49.4. The van der Waals surface area contributed by atoms with Crippen LogP contribution in [0.25, 0.3) is 10.9 Å². The first-order valence-corrected chi connectivity index (χ1v) is 26.6. The number of hydrogen-bond acceptors (Lipinski definition) is 17. The van der Waals surface area contributed by atoms with Crippen LogP contribution >= 0.6 is 23.1 Å². The van der Waals surface area contributed by atoms with Crippen LogP contribution in [0.1, 0.15) is 105 Å². The van der Waals surface area contributed by atoms with E-state index in [2.05, 4.69) is 25.3 Å². The number of benzene rings is 2. The standard InChI is InChI=1S/C55H64N8O12S2.HI/c1-52(2,3)72-48(67)55(10,11)75-60-42(39-31-77-49(57-39)59-51(69)74-54(7,8)9)41(64)25-38-45(65)63-43(47(66)71-29-33-15-19-37(70-12)20-16-33)36(30-76-46(38)63)28-61-23-22-40-35(27-61)21-24-62(40)26-32-13-17-34(18-14-32)44(56)58-50(68)73-53(4,5)6;/h13-24,27,31,38,46H,25-26,28-30H2,1-12H3,(H2-,56,57,58,59,68,69);1H/b60-42-;/t38-,46-;/m1./s1. The Bertz CT molecular complexity index is 3150. The fraction of sp³-hybridized carbons (Fsp3) is 0.418. The van der Waals surface area contributed by atoms with E-state index in [0.717, 1.165) is 27.8 Å². The summed E-state index contributed by atoms with van der Waals surface area (Å²) in [6.07, 6.45) is 3.99. The maximum atomic E-state index is 14.4. The average Bonchev–Trinajstić information content (AvgIpc) is 4.11. The minimum absolute atomic E-state index is 0. The van der Waals surface area contributed by atoms with Gasteiger partial charge in [0, 0.05) is 47.5 Å². The topological polar surface area (TPSA) is 243 Å². The van der Waals surface area contributed by atoms with Crippen LogP contribution in [0.5, 0.6) is 5.75 Å². The maximum absolute atomic E-state index is 14.4. The first-order chi connectivity index (χ1) is 36.1. The lowest BCUT2D eigenvalue weighted by atomic mass is 9.89. The van der Waals surface area contributed by atoms with Gasteiger partial charge in [0.25, 0.3) is 0 Å². The number of thiazole rings is 1. The summed E-state index contributed by atoms with van der Waals surface area (Å²) in [4.78, 5) is 92.8. The number of alkyl carbamates (subject to hydrolysis) is 1. The van der Waals surface area contributed by atoms with Crippen molar-refractivity contribution in [3.05, 3.63) is 118 Å². The number of hydrogen-bond donors (Lipinski definition) is 3. The number of amides is 3. The Morgan fingerprint density at radius 1 is 0.846 bits per heavy atom. The van der Waals surface area contributed by atoms with Crippen LogP contribution in [0.4, 0.5) is 14.7 Å². The summed E-state index contributed by atoms with van der Waals surface area (Å²) in [6.45, 7) is 19.0. The predicted molar refractivity (Wildman–Crippen MR) is 289 cm³/mol. The third-order valence-electron chi connectivity index (χ3n) is 11.5. The molecule has 3 amide bonds. The molecular formula is C55H65IN8O12S2. The average molecular weight is 1220 g/mol. The Morgan fingerprint density at radius 2 is 1.49 bits per heavy atom. The number of aromatic nitrogens is 3. The normalized spacial score (nSPS) is 15.8. The molecule has 0 radical (unpaired) electrons. The van der Waals surface area contributed by atoms with Crippen molar-refractivity contribution in [3.63, 3.8) is 0 Å². The SMILES string of the molecule is COc1ccc(COC(=O)C2=C(C[n+]3ccc4c(ccn4Cc4ccc(C(=N)NC(=O)OC(C)(C)C)cc4)c3)CS[C@@H]3[C@H](CC(=O)/C(=N\OC(C)(C)C(=O)OC(C)(C)C)c4csc(NC(=O)OC(C)(C)C)n4)C(=O)N23)cc1.[I-]. The molecule has 0 bridgehead atoms. The fourth-order valence-corrected chi connectivity index (χ4v) is 10.0. The summed E-state index contributed by atoms with van der Waals surface area (Å²) in [5.41, 5.74) is -0.433. The second kappa shape index (κ2) is 24.4. The van der Waals surface area contributed by atoms with Crippen molar-refractivity contribution in [2.24, 2.45) is 11.1 Å². The van der Waals surface area contributed by atoms with E-state index >= 15 is 0 Å². The van der Waals surface area contributed by atoms with Crippen molar-refractivity contribution in [1.29, 1.82) is 5.41 Å². The molecule has 7 rings (SSSR count). The predicted octanol–water partition coefficient (Wildman–Crippen LogP) is 5.67. The van der Waals surface area contributed by atoms with Gasteiger partial charge >= 0.3 is 24.1 Å². The van der Waals surface area contributed by atoms with Crippen molar-refractivity contribution in [2.45, 2.75) is 130 Å². The lowest BCUT2D eigenvalue weighted by Crippen LogP contribution is -3.00. The van der Waals surface area contributed by atoms with Gasteiger partial charge in [0.05, 0.1) is 29.3 Å². The quantitative estimate of drug-likeness (QED) is 0.0149. The minimum Gasteiger partial charge on any atom is -1.00 e. The molecule has 0 aliphatic carbocycles. The zero-order valence-electron chi connectivity index (χ0n) is 45.6. The second-order valence-corrected chi connectivity index (χ2v) is 23.8. The van der Waals surface area contributed by atoms with Crippen molar-refractivity contribution in [1.82, 2.24) is 19.8 Å². The maximum Gasteiger partial charge on any atom is 0.413 e.